The number of likely N-dealkylation sites (tertiary alicyclic amines) is 1. The first kappa shape index (κ1) is 32.0. The van der Waals surface area contributed by atoms with Crippen molar-refractivity contribution in [3.63, 3.8) is 0 Å². The molecule has 0 radical (unpaired) electrons. The molecule has 4 heterocycles. The molecule has 6 atom stereocenters. The second kappa shape index (κ2) is 12.5. The van der Waals surface area contributed by atoms with Gasteiger partial charge in [-0.1, -0.05) is 110 Å². The fraction of sp³-hybridized carbons (Fsp3) is 0.375. The van der Waals surface area contributed by atoms with Gasteiger partial charge in [0.1, 0.15) is 11.6 Å². The summed E-state index contributed by atoms with van der Waals surface area (Å²) in [5, 5.41) is 10.9. The summed E-state index contributed by atoms with van der Waals surface area (Å²) in [7, 11) is 0. The molecule has 3 aromatic carbocycles. The van der Waals surface area contributed by atoms with Crippen molar-refractivity contribution < 1.29 is 24.2 Å². The van der Waals surface area contributed by atoms with Gasteiger partial charge >= 0.3 is 0 Å². The molecule has 1 unspecified atom stereocenters. The van der Waals surface area contributed by atoms with Crippen molar-refractivity contribution in [3.8, 4) is 0 Å². The minimum absolute atomic E-state index is 0.165. The highest BCUT2D eigenvalue weighted by atomic mass is 16.5. The van der Waals surface area contributed by atoms with Gasteiger partial charge in [-0.05, 0) is 48.9 Å². The molecule has 1 N–H and O–H groups in total. The van der Waals surface area contributed by atoms with E-state index < -0.39 is 35.1 Å². The number of aryl methyl sites for hydroxylation is 2. The highest BCUT2D eigenvalue weighted by molar-refractivity contribution is 6.06. The Hall–Kier alpha value is -4.53. The van der Waals surface area contributed by atoms with Gasteiger partial charge in [0.25, 0.3) is 5.91 Å². The van der Waals surface area contributed by atoms with E-state index in [2.05, 4.69) is 0 Å². The van der Waals surface area contributed by atoms with Crippen LogP contribution in [-0.4, -0.2) is 75.6 Å². The number of aliphatic hydroxyl groups is 1. The fourth-order valence-corrected chi connectivity index (χ4v) is 8.66. The topological polar surface area (TPSA) is 90.4 Å². The Labute approximate surface area is 282 Å². The van der Waals surface area contributed by atoms with E-state index in [-0.39, 0.29) is 30.9 Å². The van der Waals surface area contributed by atoms with Crippen molar-refractivity contribution in [1.82, 2.24) is 9.80 Å². The quantitative estimate of drug-likeness (QED) is 0.357. The fourth-order valence-electron chi connectivity index (χ4n) is 8.66. The van der Waals surface area contributed by atoms with E-state index in [1.807, 2.05) is 124 Å². The monoisotopic (exact) mass is 645 g/mol. The number of rotatable bonds is 8. The minimum atomic E-state index is -1.42. The molecule has 0 bridgehead atoms. The number of amides is 3. The largest absolute Gasteiger partial charge is 0.394 e. The molecule has 2 fully saturated rings. The third kappa shape index (κ3) is 5.01. The smallest absolute Gasteiger partial charge is 0.253 e. The molecule has 8 nitrogen and oxygen atoms in total. The van der Waals surface area contributed by atoms with E-state index in [1.165, 1.54) is 0 Å². The number of anilines is 1. The van der Waals surface area contributed by atoms with Crippen molar-refractivity contribution >= 4 is 23.4 Å². The molecule has 3 amide bonds. The van der Waals surface area contributed by atoms with E-state index in [4.69, 9.17) is 4.74 Å². The number of fused-ring (bicyclic) bond motifs is 2. The highest BCUT2D eigenvalue weighted by Gasteiger charge is 2.76. The summed E-state index contributed by atoms with van der Waals surface area (Å²) in [5.74, 6) is -2.59. The van der Waals surface area contributed by atoms with E-state index in [1.54, 1.807) is 14.7 Å². The van der Waals surface area contributed by atoms with E-state index in [9.17, 15) is 9.90 Å². The summed E-state index contributed by atoms with van der Waals surface area (Å²) in [6, 6.07) is 23.6. The first-order valence-electron chi connectivity index (χ1n) is 17.0. The third-order valence-corrected chi connectivity index (χ3v) is 10.8. The second-order valence-corrected chi connectivity index (χ2v) is 13.6. The SMILES string of the molecule is CC[C@@]12C=CCN(Cc3ccccc3)C(=O)[C@@H]1[C@H]1C(=O)N([C@@H](CO)Cc3ccccc3)C3C(=O)N(c4c(C)cccc4C)CC=C[C@@]31O2. The molecule has 3 aromatic rings. The zero-order valence-electron chi connectivity index (χ0n) is 27.8. The highest BCUT2D eigenvalue weighted by Crippen LogP contribution is 2.59. The maximum atomic E-state index is 15.2. The van der Waals surface area contributed by atoms with E-state index in [0.717, 1.165) is 27.9 Å². The van der Waals surface area contributed by atoms with Crippen LogP contribution < -0.4 is 4.90 Å². The van der Waals surface area contributed by atoms with Gasteiger partial charge in [-0.15, -0.1) is 0 Å². The Balaban J connectivity index is 1.37. The summed E-state index contributed by atoms with van der Waals surface area (Å²) in [4.78, 5) is 50.2. The van der Waals surface area contributed by atoms with Crippen molar-refractivity contribution in [3.05, 3.63) is 125 Å². The zero-order valence-corrected chi connectivity index (χ0v) is 27.8. The van der Waals surface area contributed by atoms with Crippen LogP contribution in [0.4, 0.5) is 5.69 Å². The van der Waals surface area contributed by atoms with Crippen LogP contribution in [0, 0.1) is 25.7 Å². The second-order valence-electron chi connectivity index (χ2n) is 13.6. The summed E-state index contributed by atoms with van der Waals surface area (Å²) in [6.45, 7) is 6.65. The van der Waals surface area contributed by atoms with Crippen LogP contribution in [0.15, 0.2) is 103 Å². The molecule has 0 saturated carbocycles. The van der Waals surface area contributed by atoms with Gasteiger partial charge < -0.3 is 24.5 Å². The van der Waals surface area contributed by atoms with Gasteiger partial charge in [0.2, 0.25) is 11.8 Å². The lowest BCUT2D eigenvalue weighted by Gasteiger charge is -2.41. The molecule has 2 saturated heterocycles. The normalized spacial score (nSPS) is 28.6. The average Bonchev–Trinajstić information content (AvgIpc) is 3.40. The number of para-hydroxylation sites is 1. The Morgan fingerprint density at radius 3 is 2.08 bits per heavy atom. The number of hydrogen-bond donors (Lipinski definition) is 1. The third-order valence-electron chi connectivity index (χ3n) is 10.8. The van der Waals surface area contributed by atoms with Crippen molar-refractivity contribution in [2.75, 3.05) is 24.6 Å². The zero-order chi connectivity index (χ0) is 33.6. The maximum Gasteiger partial charge on any atom is 0.253 e. The molecule has 7 rings (SSSR count). The van der Waals surface area contributed by atoms with Gasteiger partial charge in [-0.25, -0.2) is 0 Å². The molecule has 1 spiro atoms. The summed E-state index contributed by atoms with van der Waals surface area (Å²) >= 11 is 0. The molecule has 0 aliphatic carbocycles. The Bertz CT molecular complexity index is 1750. The first-order chi connectivity index (χ1) is 23.2. The lowest BCUT2D eigenvalue weighted by atomic mass is 9.73. The minimum Gasteiger partial charge on any atom is -0.394 e. The maximum absolute atomic E-state index is 15.2. The van der Waals surface area contributed by atoms with Gasteiger partial charge in [-0.2, -0.15) is 0 Å². The van der Waals surface area contributed by atoms with Gasteiger partial charge in [0.05, 0.1) is 30.1 Å². The lowest BCUT2D eigenvalue weighted by molar-refractivity contribution is -0.152. The van der Waals surface area contributed by atoms with Crippen molar-refractivity contribution in [1.29, 1.82) is 0 Å². The predicted octanol–water partition coefficient (Wildman–Crippen LogP) is 4.77. The Morgan fingerprint density at radius 1 is 0.792 bits per heavy atom. The number of aliphatic hydroxyl groups excluding tert-OH is 1. The molecule has 0 aromatic heterocycles. The van der Waals surface area contributed by atoms with Gasteiger partial charge in [0.15, 0.2) is 0 Å². The lowest BCUT2D eigenvalue weighted by Crippen LogP contribution is -2.59. The van der Waals surface area contributed by atoms with E-state index in [0.29, 0.717) is 25.9 Å². The predicted molar refractivity (Wildman–Crippen MR) is 184 cm³/mol. The van der Waals surface area contributed by atoms with Crippen LogP contribution in [0.1, 0.15) is 35.6 Å². The number of nitrogens with zero attached hydrogens (tertiary/aromatic N) is 3. The number of ether oxygens (including phenoxy) is 1. The van der Waals surface area contributed by atoms with Crippen LogP contribution in [0.3, 0.4) is 0 Å². The molecule has 4 aliphatic rings. The van der Waals surface area contributed by atoms with E-state index >= 15 is 9.59 Å². The molecule has 4 aliphatic heterocycles. The Morgan fingerprint density at radius 2 is 1.44 bits per heavy atom. The average molecular weight is 646 g/mol. The summed E-state index contributed by atoms with van der Waals surface area (Å²) in [5.41, 5.74) is 2.11. The standard InChI is InChI=1S/C40H43N3O5/c1-4-39-20-12-22-41(25-30-18-9-6-10-19-30)36(45)32(39)33-37(46)43(31(26-44)24-29-16-7-5-8-17-29)35-38(47)42(23-13-21-40(33,35)48-39)34-27(2)14-11-15-28(34)3/h5-21,31-33,35,44H,4,22-26H2,1-3H3/t31-,32+,33+,35?,39-,40+/m1/s1. The van der Waals surface area contributed by atoms with Gasteiger partial charge in [0, 0.05) is 25.3 Å². The first-order valence-corrected chi connectivity index (χ1v) is 17.0. The number of carbonyl (C=O) groups excluding carboxylic acids is 3. The number of benzene rings is 3. The Kier molecular flexibility index (Phi) is 8.34. The van der Waals surface area contributed by atoms with Gasteiger partial charge in [-0.3, -0.25) is 14.4 Å². The number of carbonyl (C=O) groups is 3. The molecule has 8 heteroatoms. The molecule has 48 heavy (non-hydrogen) atoms. The molecular weight excluding hydrogens is 602 g/mol. The van der Waals surface area contributed by atoms with Crippen molar-refractivity contribution in [2.45, 2.75) is 63.4 Å². The molecule has 248 valence electrons. The van der Waals surface area contributed by atoms with Crippen LogP contribution in [-0.2, 0) is 32.1 Å². The van der Waals surface area contributed by atoms with Crippen molar-refractivity contribution in [2.24, 2.45) is 11.8 Å². The molecular formula is C40H43N3O5. The van der Waals surface area contributed by atoms with Crippen LogP contribution in [0.5, 0.6) is 0 Å². The van der Waals surface area contributed by atoms with Crippen LogP contribution >= 0.6 is 0 Å². The van der Waals surface area contributed by atoms with Crippen LogP contribution in [0.2, 0.25) is 0 Å². The summed E-state index contributed by atoms with van der Waals surface area (Å²) < 4.78 is 7.19. The van der Waals surface area contributed by atoms with Crippen LogP contribution in [0.25, 0.3) is 0 Å². The summed E-state index contributed by atoms with van der Waals surface area (Å²) in [6.07, 6.45) is 8.53. The number of hydrogen-bond acceptors (Lipinski definition) is 5.